The van der Waals surface area contributed by atoms with Crippen molar-refractivity contribution in [3.63, 3.8) is 0 Å². The first-order valence-corrected chi connectivity index (χ1v) is 27.5. The molecule has 4 atom stereocenters. The molecule has 1 amide bonds. The van der Waals surface area contributed by atoms with Crippen LogP contribution in [0.25, 0.3) is 0 Å². The summed E-state index contributed by atoms with van der Waals surface area (Å²) in [7, 11) is 0. The Morgan fingerprint density at radius 2 is 0.714 bits per heavy atom. The summed E-state index contributed by atoms with van der Waals surface area (Å²) in [6.07, 6.45) is 64.6. The zero-order valence-electron chi connectivity index (χ0n) is 41.8. The number of carbonyl (C=O) groups excluding carboxylic acids is 1. The van der Waals surface area contributed by atoms with Crippen molar-refractivity contribution in [3.05, 3.63) is 48.6 Å². The van der Waals surface area contributed by atoms with Gasteiger partial charge in [0.25, 0.3) is 0 Å². The standard InChI is InChI=1S/C57H107NO5/c1-3-5-7-9-11-13-15-17-19-21-23-24-25-26-27-28-29-30-31-33-35-37-39-41-43-45-47-49-51-55(61)57(63)58-53(52-59)56(62)54(60)50-48-46-44-42-40-38-36-34-32-22-20-18-16-14-12-10-8-6-4-2/h23-24,26-27,34,36,42,44,53-56,59-62H,3-22,25,28-33,35,37-41,43,45-52H2,1-2H3,(H,58,63)/b24-23-,27-26-,36-34+,44-42+. The Balaban J connectivity index is 3.69. The van der Waals surface area contributed by atoms with Crippen molar-refractivity contribution in [1.29, 1.82) is 0 Å². The van der Waals surface area contributed by atoms with E-state index in [9.17, 15) is 25.2 Å². The fraction of sp³-hybridized carbons (Fsp3) is 0.842. The summed E-state index contributed by atoms with van der Waals surface area (Å²) in [6.45, 7) is 4.05. The second-order valence-electron chi connectivity index (χ2n) is 18.9. The maximum Gasteiger partial charge on any atom is 0.249 e. The third kappa shape index (κ3) is 45.2. The van der Waals surface area contributed by atoms with Crippen LogP contribution in [0.2, 0.25) is 0 Å². The van der Waals surface area contributed by atoms with E-state index in [-0.39, 0.29) is 0 Å². The van der Waals surface area contributed by atoms with E-state index >= 15 is 0 Å². The molecule has 63 heavy (non-hydrogen) atoms. The Hall–Kier alpha value is -1.73. The van der Waals surface area contributed by atoms with Gasteiger partial charge in [0.05, 0.1) is 18.8 Å². The number of carbonyl (C=O) groups is 1. The Morgan fingerprint density at radius 1 is 0.397 bits per heavy atom. The van der Waals surface area contributed by atoms with Gasteiger partial charge < -0.3 is 25.7 Å². The Bertz CT molecular complexity index is 1040. The van der Waals surface area contributed by atoms with Crippen LogP contribution in [0.1, 0.15) is 277 Å². The highest BCUT2D eigenvalue weighted by Crippen LogP contribution is 2.16. The molecule has 0 saturated carbocycles. The summed E-state index contributed by atoms with van der Waals surface area (Å²) in [5, 5.41) is 43.9. The summed E-state index contributed by atoms with van der Waals surface area (Å²) in [4.78, 5) is 12.6. The number of nitrogens with one attached hydrogen (secondary N) is 1. The minimum absolute atomic E-state index is 0.358. The van der Waals surface area contributed by atoms with Crippen LogP contribution < -0.4 is 5.32 Å². The molecule has 6 nitrogen and oxygen atoms in total. The predicted molar refractivity (Wildman–Crippen MR) is 274 cm³/mol. The van der Waals surface area contributed by atoms with Crippen LogP contribution in [-0.4, -0.2) is 57.3 Å². The highest BCUT2D eigenvalue weighted by molar-refractivity contribution is 5.80. The van der Waals surface area contributed by atoms with Crippen LogP contribution in [0.15, 0.2) is 48.6 Å². The maximum absolute atomic E-state index is 12.6. The summed E-state index contributed by atoms with van der Waals surface area (Å²) in [6, 6.07) is -1.01. The Morgan fingerprint density at radius 3 is 1.10 bits per heavy atom. The van der Waals surface area contributed by atoms with Crippen molar-refractivity contribution in [2.24, 2.45) is 0 Å². The SMILES string of the molecule is CCCCCCCCCCC/C=C\C/C=C\CCCCCCCCCCCCCCC(O)C(=O)NC(CO)C(O)C(O)CCC/C=C/CC/C=C/CCCCCCCCCCCC. The number of amides is 1. The molecule has 5 N–H and O–H groups in total. The highest BCUT2D eigenvalue weighted by Gasteiger charge is 2.28. The van der Waals surface area contributed by atoms with Crippen molar-refractivity contribution >= 4 is 5.91 Å². The summed E-state index contributed by atoms with van der Waals surface area (Å²) in [5.74, 6) is -0.598. The average Bonchev–Trinajstić information content (AvgIpc) is 3.29. The molecule has 6 heteroatoms. The van der Waals surface area contributed by atoms with E-state index in [4.69, 9.17) is 0 Å². The van der Waals surface area contributed by atoms with E-state index in [2.05, 4.69) is 67.8 Å². The molecule has 0 bridgehead atoms. The van der Waals surface area contributed by atoms with Gasteiger partial charge in [0.15, 0.2) is 0 Å². The molecule has 0 aromatic heterocycles. The molecule has 0 radical (unpaired) electrons. The zero-order chi connectivity index (χ0) is 45.9. The molecule has 0 saturated heterocycles. The third-order valence-corrected chi connectivity index (χ3v) is 12.7. The lowest BCUT2D eigenvalue weighted by Gasteiger charge is -2.27. The monoisotopic (exact) mass is 886 g/mol. The van der Waals surface area contributed by atoms with Gasteiger partial charge in [-0.25, -0.2) is 0 Å². The maximum atomic E-state index is 12.6. The van der Waals surface area contributed by atoms with Crippen LogP contribution in [0.3, 0.4) is 0 Å². The lowest BCUT2D eigenvalue weighted by Crippen LogP contribution is -2.53. The molecular formula is C57H107NO5. The van der Waals surface area contributed by atoms with Crippen molar-refractivity contribution in [3.8, 4) is 0 Å². The summed E-state index contributed by atoms with van der Waals surface area (Å²) >= 11 is 0. The van der Waals surface area contributed by atoms with E-state index in [1.165, 1.54) is 199 Å². The topological polar surface area (TPSA) is 110 Å². The van der Waals surface area contributed by atoms with Crippen LogP contribution in [-0.2, 0) is 4.79 Å². The first-order chi connectivity index (χ1) is 31.0. The largest absolute Gasteiger partial charge is 0.394 e. The average molecular weight is 886 g/mol. The highest BCUT2D eigenvalue weighted by atomic mass is 16.3. The van der Waals surface area contributed by atoms with Gasteiger partial charge in [0, 0.05) is 0 Å². The van der Waals surface area contributed by atoms with E-state index in [1.807, 2.05) is 0 Å². The van der Waals surface area contributed by atoms with Crippen molar-refractivity contribution in [1.82, 2.24) is 5.32 Å². The number of aliphatic hydroxyl groups excluding tert-OH is 4. The zero-order valence-corrected chi connectivity index (χ0v) is 41.8. The summed E-state index contributed by atoms with van der Waals surface area (Å²) in [5.41, 5.74) is 0. The van der Waals surface area contributed by atoms with Crippen LogP contribution in [0.5, 0.6) is 0 Å². The second kappa shape index (κ2) is 51.3. The first-order valence-electron chi connectivity index (χ1n) is 27.5. The number of hydrogen-bond acceptors (Lipinski definition) is 5. The van der Waals surface area contributed by atoms with Crippen molar-refractivity contribution < 1.29 is 25.2 Å². The van der Waals surface area contributed by atoms with Gasteiger partial charge in [0.1, 0.15) is 12.2 Å². The molecule has 0 aromatic carbocycles. The van der Waals surface area contributed by atoms with Crippen LogP contribution >= 0.6 is 0 Å². The number of rotatable bonds is 50. The predicted octanol–water partition coefficient (Wildman–Crippen LogP) is 15.8. The number of unbranched alkanes of at least 4 members (excludes halogenated alkanes) is 33. The minimum Gasteiger partial charge on any atom is -0.394 e. The first kappa shape index (κ1) is 61.3. The van der Waals surface area contributed by atoms with Crippen LogP contribution in [0.4, 0.5) is 0 Å². The number of aliphatic hydroxyl groups is 4. The molecule has 0 aromatic rings. The molecule has 0 spiro atoms. The quantitative estimate of drug-likeness (QED) is 0.0309. The van der Waals surface area contributed by atoms with Gasteiger partial charge in [-0.2, -0.15) is 0 Å². The normalized spacial score (nSPS) is 14.2. The third-order valence-electron chi connectivity index (χ3n) is 12.7. The molecule has 0 heterocycles. The van der Waals surface area contributed by atoms with E-state index < -0.39 is 36.9 Å². The van der Waals surface area contributed by atoms with Gasteiger partial charge >= 0.3 is 0 Å². The van der Waals surface area contributed by atoms with Crippen LogP contribution in [0, 0.1) is 0 Å². The number of allylic oxidation sites excluding steroid dienone is 8. The van der Waals surface area contributed by atoms with Gasteiger partial charge in [-0.3, -0.25) is 4.79 Å². The molecule has 0 aliphatic carbocycles. The van der Waals surface area contributed by atoms with Gasteiger partial charge in [0.2, 0.25) is 5.91 Å². The Labute approximate surface area is 391 Å². The molecular weight excluding hydrogens is 779 g/mol. The molecule has 0 aliphatic heterocycles. The van der Waals surface area contributed by atoms with E-state index in [1.54, 1.807) is 0 Å². The molecule has 0 fully saturated rings. The van der Waals surface area contributed by atoms with Crippen molar-refractivity contribution in [2.45, 2.75) is 301 Å². The Kier molecular flexibility index (Phi) is 49.8. The molecule has 0 rings (SSSR count). The molecule has 370 valence electrons. The second-order valence-corrected chi connectivity index (χ2v) is 18.9. The number of hydrogen-bond donors (Lipinski definition) is 5. The van der Waals surface area contributed by atoms with E-state index in [0.717, 1.165) is 44.9 Å². The fourth-order valence-electron chi connectivity index (χ4n) is 8.39. The lowest BCUT2D eigenvalue weighted by molar-refractivity contribution is -0.132. The van der Waals surface area contributed by atoms with Gasteiger partial charge in [-0.15, -0.1) is 0 Å². The van der Waals surface area contributed by atoms with Gasteiger partial charge in [-0.05, 0) is 83.5 Å². The minimum atomic E-state index is -1.29. The molecule has 0 aliphatic rings. The summed E-state index contributed by atoms with van der Waals surface area (Å²) < 4.78 is 0. The van der Waals surface area contributed by atoms with Crippen molar-refractivity contribution in [2.75, 3.05) is 6.61 Å². The van der Waals surface area contributed by atoms with Gasteiger partial charge in [-0.1, -0.05) is 242 Å². The lowest BCUT2D eigenvalue weighted by atomic mass is 10.00. The fourth-order valence-corrected chi connectivity index (χ4v) is 8.39. The van der Waals surface area contributed by atoms with E-state index in [0.29, 0.717) is 19.3 Å². The smallest absolute Gasteiger partial charge is 0.249 e. The molecule has 4 unspecified atom stereocenters.